The number of rotatable bonds is 0. The van der Waals surface area contributed by atoms with Gasteiger partial charge in [0.1, 0.15) is 23.0 Å². The van der Waals surface area contributed by atoms with E-state index >= 15 is 0 Å². The number of hydrogen-bond acceptors (Lipinski definition) is 8. The second-order valence-corrected chi connectivity index (χ2v) is 13.8. The molecule has 0 fully saturated rings. The first-order valence-electron chi connectivity index (χ1n) is 18.1. The monoisotopic (exact) mass is 694 g/mol. The average molecular weight is 695 g/mol. The lowest BCUT2D eigenvalue weighted by atomic mass is 10.0. The van der Waals surface area contributed by atoms with Gasteiger partial charge in [0, 0.05) is 91.5 Å². The first-order valence-corrected chi connectivity index (χ1v) is 18.1. The van der Waals surface area contributed by atoms with Crippen LogP contribution >= 0.6 is 0 Å². The van der Waals surface area contributed by atoms with E-state index < -0.39 is 0 Å². The molecule has 8 heteroatoms. The Morgan fingerprint density at radius 1 is 0.519 bits per heavy atom. The molecule has 2 aliphatic rings. The highest BCUT2D eigenvalue weighted by Crippen LogP contribution is 2.33. The van der Waals surface area contributed by atoms with Crippen LogP contribution in [0.5, 0.6) is 23.0 Å². The van der Waals surface area contributed by atoms with Crippen LogP contribution in [0.25, 0.3) is 0 Å². The number of ether oxygens (including phenoxy) is 2. The molecule has 2 atom stereocenters. The van der Waals surface area contributed by atoms with Crippen LogP contribution in [0.4, 0.5) is 11.4 Å². The predicted octanol–water partition coefficient (Wildman–Crippen LogP) is 8.79. The Hall–Kier alpha value is -5.44. The zero-order chi connectivity index (χ0) is 35.9. The van der Waals surface area contributed by atoms with Crippen molar-refractivity contribution in [3.63, 3.8) is 0 Å². The standard InChI is InChI=1S/C44H46N4O4/c1-31-21-35-25-45-39-13-5-6-14-40(39)46-26-36-22-32(2)24-38(44(36)50)30-48-18-9-17-47(29-37(23-31)43(35)49)27-33-11-3-7-15-41(33)51-19-10-20-52-42-16-8-4-12-34(42)28-48/h3-8,11-16,21-26,49-50H,9-10,17-20,27-30H2,1-2H3. The van der Waals surface area contributed by atoms with Gasteiger partial charge < -0.3 is 19.7 Å². The van der Waals surface area contributed by atoms with E-state index in [0.717, 1.165) is 70.8 Å². The largest absolute Gasteiger partial charge is 0.507 e. The van der Waals surface area contributed by atoms with Crippen molar-refractivity contribution in [1.82, 2.24) is 9.80 Å². The van der Waals surface area contributed by atoms with Gasteiger partial charge in [0.25, 0.3) is 0 Å². The Labute approximate surface area is 306 Å². The molecular weight excluding hydrogens is 649 g/mol. The van der Waals surface area contributed by atoms with E-state index in [4.69, 9.17) is 19.5 Å². The first-order chi connectivity index (χ1) is 25.4. The van der Waals surface area contributed by atoms with E-state index in [-0.39, 0.29) is 11.5 Å². The Balaban J connectivity index is 1.35. The molecule has 8 nitrogen and oxygen atoms in total. The van der Waals surface area contributed by atoms with Crippen molar-refractivity contribution < 1.29 is 19.7 Å². The Morgan fingerprint density at radius 3 is 1.42 bits per heavy atom. The van der Waals surface area contributed by atoms with Crippen molar-refractivity contribution in [2.75, 3.05) is 26.3 Å². The third kappa shape index (κ3) is 8.53. The van der Waals surface area contributed by atoms with Gasteiger partial charge >= 0.3 is 0 Å². The van der Waals surface area contributed by atoms with Crippen LogP contribution in [0.2, 0.25) is 0 Å². The van der Waals surface area contributed by atoms with Crippen LogP contribution in [-0.2, 0) is 26.2 Å². The summed E-state index contributed by atoms with van der Waals surface area (Å²) in [5.74, 6) is 2.17. The smallest absolute Gasteiger partial charge is 0.128 e. The van der Waals surface area contributed by atoms with Crippen LogP contribution in [0.1, 0.15) is 57.3 Å². The fourth-order valence-electron chi connectivity index (χ4n) is 7.05. The molecule has 0 saturated heterocycles. The normalized spacial score (nSPS) is 18.1. The van der Waals surface area contributed by atoms with Crippen molar-refractivity contribution >= 4 is 23.8 Å². The number of nitrogens with zero attached hydrogens (tertiary/aromatic N) is 4. The highest BCUT2D eigenvalue weighted by Gasteiger charge is 2.19. The van der Waals surface area contributed by atoms with Gasteiger partial charge in [-0.15, -0.1) is 0 Å². The minimum Gasteiger partial charge on any atom is -0.507 e. The molecular formula is C44H46N4O4. The highest BCUT2D eigenvalue weighted by molar-refractivity contribution is 5.90. The fourth-order valence-corrected chi connectivity index (χ4v) is 7.05. The van der Waals surface area contributed by atoms with E-state index in [0.29, 0.717) is 61.9 Å². The molecule has 0 spiro atoms. The lowest BCUT2D eigenvalue weighted by molar-refractivity contribution is 0.195. The molecule has 0 radical (unpaired) electrons. The maximum absolute atomic E-state index is 11.7. The van der Waals surface area contributed by atoms with Gasteiger partial charge in [-0.25, -0.2) is 0 Å². The number of aromatic hydroxyl groups is 2. The topological polar surface area (TPSA) is 90.1 Å². The van der Waals surface area contributed by atoms with E-state index in [1.54, 1.807) is 12.4 Å². The number of hydrogen-bond donors (Lipinski definition) is 2. The quantitative estimate of drug-likeness (QED) is 0.169. The molecule has 7 rings (SSSR count). The molecule has 2 heterocycles. The zero-order valence-corrected chi connectivity index (χ0v) is 30.0. The lowest BCUT2D eigenvalue weighted by Crippen LogP contribution is -2.30. The molecule has 6 bridgehead atoms. The zero-order valence-electron chi connectivity index (χ0n) is 30.0. The summed E-state index contributed by atoms with van der Waals surface area (Å²) in [5, 5.41) is 23.3. The molecule has 2 aliphatic heterocycles. The van der Waals surface area contributed by atoms with Crippen LogP contribution in [-0.4, -0.2) is 58.7 Å². The van der Waals surface area contributed by atoms with Crippen molar-refractivity contribution in [3.05, 3.63) is 142 Å². The average Bonchev–Trinajstić information content (AvgIpc) is 3.13. The van der Waals surface area contributed by atoms with Crippen LogP contribution in [0, 0.1) is 13.8 Å². The summed E-state index contributed by atoms with van der Waals surface area (Å²) in [7, 11) is 0. The van der Waals surface area contributed by atoms with Crippen molar-refractivity contribution in [2.45, 2.75) is 52.9 Å². The molecule has 5 aromatic carbocycles. The van der Waals surface area contributed by atoms with Gasteiger partial charge in [-0.3, -0.25) is 19.8 Å². The minimum atomic E-state index is 0.222. The van der Waals surface area contributed by atoms with E-state index in [1.807, 2.05) is 74.5 Å². The lowest BCUT2D eigenvalue weighted by Gasteiger charge is -2.28. The molecule has 0 amide bonds. The summed E-state index contributed by atoms with van der Waals surface area (Å²) >= 11 is 0. The van der Waals surface area contributed by atoms with Gasteiger partial charge in [0.15, 0.2) is 0 Å². The summed E-state index contributed by atoms with van der Waals surface area (Å²) in [6, 6.07) is 32.1. The molecule has 0 saturated carbocycles. The Bertz CT molecular complexity index is 1950. The molecule has 5 aromatic rings. The molecule has 266 valence electrons. The number of phenolic OH excluding ortho intramolecular Hbond substituents is 2. The SMILES string of the molecule is Cc1cc2c(O)c(c1)CN1CCCN(Cc3ccccc3OCCCOc3ccccc3C1)Cc1cc(C)cc(c1O)C=Nc1ccccc1N=C2. The maximum atomic E-state index is 11.7. The third-order valence-electron chi connectivity index (χ3n) is 9.57. The third-order valence-corrected chi connectivity index (χ3v) is 9.57. The molecule has 52 heavy (non-hydrogen) atoms. The van der Waals surface area contributed by atoms with Gasteiger partial charge in [0.2, 0.25) is 0 Å². The van der Waals surface area contributed by atoms with Crippen molar-refractivity contribution in [3.8, 4) is 23.0 Å². The Kier molecular flexibility index (Phi) is 10.9. The van der Waals surface area contributed by atoms with Crippen molar-refractivity contribution in [1.29, 1.82) is 0 Å². The second-order valence-electron chi connectivity index (χ2n) is 13.8. The number of aryl methyl sites for hydroxylation is 2. The van der Waals surface area contributed by atoms with E-state index in [9.17, 15) is 10.2 Å². The second kappa shape index (κ2) is 16.3. The summed E-state index contributed by atoms with van der Waals surface area (Å²) in [5.41, 5.74) is 8.59. The molecule has 2 unspecified atom stereocenters. The van der Waals surface area contributed by atoms with E-state index in [2.05, 4.69) is 46.2 Å². The van der Waals surface area contributed by atoms with Gasteiger partial charge in [-0.2, -0.15) is 0 Å². The summed E-state index contributed by atoms with van der Waals surface area (Å²) in [6.07, 6.45) is 5.02. The number of para-hydroxylation sites is 4. The van der Waals surface area contributed by atoms with Crippen LogP contribution < -0.4 is 9.47 Å². The van der Waals surface area contributed by atoms with Gasteiger partial charge in [0.05, 0.1) is 24.6 Å². The highest BCUT2D eigenvalue weighted by atomic mass is 16.5. The van der Waals surface area contributed by atoms with Crippen LogP contribution in [0.3, 0.4) is 0 Å². The fraction of sp³-hybridized carbons (Fsp3) is 0.273. The minimum absolute atomic E-state index is 0.222. The number of fused-ring (bicyclic) bond motifs is 11. The summed E-state index contributed by atoms with van der Waals surface area (Å²) in [4.78, 5) is 14.4. The van der Waals surface area contributed by atoms with Crippen LogP contribution in [0.15, 0.2) is 107 Å². The maximum Gasteiger partial charge on any atom is 0.128 e. The number of phenols is 2. The predicted molar refractivity (Wildman–Crippen MR) is 208 cm³/mol. The summed E-state index contributed by atoms with van der Waals surface area (Å²) < 4.78 is 12.6. The number of aliphatic imine (C=N–C) groups is 2. The Morgan fingerprint density at radius 2 is 0.942 bits per heavy atom. The summed E-state index contributed by atoms with van der Waals surface area (Å²) in [6.45, 7) is 9.10. The van der Waals surface area contributed by atoms with Gasteiger partial charge in [-0.1, -0.05) is 60.7 Å². The molecule has 0 aliphatic carbocycles. The number of benzene rings is 5. The van der Waals surface area contributed by atoms with E-state index in [1.165, 1.54) is 0 Å². The molecule has 0 aromatic heterocycles. The molecule has 2 N–H and O–H groups in total. The van der Waals surface area contributed by atoms with Crippen molar-refractivity contribution in [2.24, 2.45) is 9.98 Å². The van der Waals surface area contributed by atoms with Gasteiger partial charge in [-0.05, 0) is 67.8 Å². The first kappa shape index (κ1) is 35.0.